The van der Waals surface area contributed by atoms with Crippen LogP contribution in [0.5, 0.6) is 0 Å². The molecule has 0 N–H and O–H groups in total. The van der Waals surface area contributed by atoms with Crippen molar-refractivity contribution < 1.29 is 19.1 Å². The van der Waals surface area contributed by atoms with Crippen molar-refractivity contribution in [1.29, 1.82) is 0 Å². The lowest BCUT2D eigenvalue weighted by atomic mass is 9.91. The van der Waals surface area contributed by atoms with E-state index < -0.39 is 24.1 Å². The Kier molecular flexibility index (Phi) is 5.05. The van der Waals surface area contributed by atoms with Crippen molar-refractivity contribution in [2.45, 2.75) is 38.1 Å². The van der Waals surface area contributed by atoms with Crippen LogP contribution >= 0.6 is 0 Å². The molecule has 6 heteroatoms. The number of carbonyl (C=O) groups excluding carboxylic acids is 2. The maximum absolute atomic E-state index is 12.1. The van der Waals surface area contributed by atoms with E-state index in [9.17, 15) is 9.59 Å². The molecule has 6 nitrogen and oxygen atoms in total. The summed E-state index contributed by atoms with van der Waals surface area (Å²) >= 11 is 0. The number of hydrogen-bond donors (Lipinski definition) is 0. The minimum Gasteiger partial charge on any atom is -0.456 e. The average molecular weight is 428 g/mol. The summed E-state index contributed by atoms with van der Waals surface area (Å²) in [5.41, 5.74) is 2.04. The van der Waals surface area contributed by atoms with Crippen LogP contribution in [0.3, 0.4) is 0 Å². The smallest absolute Gasteiger partial charge is 0.303 e. The number of benzene rings is 2. The first-order chi connectivity index (χ1) is 15.5. The topological polar surface area (TPSA) is 62.5 Å². The van der Waals surface area contributed by atoms with Gasteiger partial charge in [0.15, 0.2) is 12.2 Å². The molecule has 2 aromatic carbocycles. The van der Waals surface area contributed by atoms with Crippen LogP contribution in [0.25, 0.3) is 21.8 Å². The molecule has 0 radical (unpaired) electrons. The maximum atomic E-state index is 12.1. The second-order valence-electron chi connectivity index (χ2n) is 8.08. The zero-order valence-electron chi connectivity index (χ0n) is 17.9. The number of esters is 2. The molecule has 2 heterocycles. The molecule has 0 fully saturated rings. The van der Waals surface area contributed by atoms with Crippen molar-refractivity contribution in [3.8, 4) is 0 Å². The number of ether oxygens (including phenoxy) is 2. The summed E-state index contributed by atoms with van der Waals surface area (Å²) in [5, 5.41) is 2.18. The summed E-state index contributed by atoms with van der Waals surface area (Å²) in [6.45, 7) is 2.77. The molecule has 1 aliphatic rings. The fourth-order valence-electron chi connectivity index (χ4n) is 4.72. The summed E-state index contributed by atoms with van der Waals surface area (Å²) in [6, 6.07) is 19.5. The largest absolute Gasteiger partial charge is 0.456 e. The summed E-state index contributed by atoms with van der Waals surface area (Å²) in [4.78, 5) is 24.2. The van der Waals surface area contributed by atoms with Gasteiger partial charge in [0, 0.05) is 37.3 Å². The van der Waals surface area contributed by atoms with Gasteiger partial charge in [-0.1, -0.05) is 48.6 Å². The molecule has 32 heavy (non-hydrogen) atoms. The summed E-state index contributed by atoms with van der Waals surface area (Å²) in [6.07, 6.45) is 6.66. The van der Waals surface area contributed by atoms with E-state index >= 15 is 0 Å². The molecule has 0 saturated carbocycles. The zero-order chi connectivity index (χ0) is 22.2. The van der Waals surface area contributed by atoms with E-state index in [0.717, 1.165) is 21.8 Å². The summed E-state index contributed by atoms with van der Waals surface area (Å²) in [5.74, 6) is -0.833. The molecular formula is C26H24N2O4. The highest BCUT2D eigenvalue weighted by atomic mass is 16.6. The predicted octanol–water partition coefficient (Wildman–Crippen LogP) is 4.81. The third-order valence-corrected chi connectivity index (χ3v) is 6.01. The molecule has 1 aliphatic carbocycles. The lowest BCUT2D eigenvalue weighted by molar-refractivity contribution is -0.171. The number of para-hydroxylation sites is 2. The van der Waals surface area contributed by atoms with Gasteiger partial charge in [-0.05, 0) is 35.0 Å². The van der Waals surface area contributed by atoms with E-state index in [0.29, 0.717) is 0 Å². The number of carbonyl (C=O) groups is 2. The van der Waals surface area contributed by atoms with Crippen molar-refractivity contribution in [1.82, 2.24) is 9.13 Å². The highest BCUT2D eigenvalue weighted by Crippen LogP contribution is 2.38. The molecule has 0 unspecified atom stereocenters. The van der Waals surface area contributed by atoms with Crippen molar-refractivity contribution in [2.75, 3.05) is 0 Å². The monoisotopic (exact) mass is 428 g/mol. The van der Waals surface area contributed by atoms with E-state index in [1.165, 1.54) is 13.8 Å². The van der Waals surface area contributed by atoms with Crippen molar-refractivity contribution in [3.63, 3.8) is 0 Å². The number of hydrogen-bond acceptors (Lipinski definition) is 4. The first-order valence-electron chi connectivity index (χ1n) is 10.7. The van der Waals surface area contributed by atoms with Gasteiger partial charge in [0.2, 0.25) is 0 Å². The van der Waals surface area contributed by atoms with Gasteiger partial charge in [0.05, 0.1) is 12.1 Å². The van der Waals surface area contributed by atoms with E-state index in [4.69, 9.17) is 9.47 Å². The van der Waals surface area contributed by atoms with Crippen LogP contribution in [-0.4, -0.2) is 33.3 Å². The lowest BCUT2D eigenvalue weighted by Crippen LogP contribution is -2.47. The third-order valence-electron chi connectivity index (χ3n) is 6.01. The Balaban J connectivity index is 1.65. The highest BCUT2D eigenvalue weighted by molar-refractivity contribution is 5.81. The van der Waals surface area contributed by atoms with Crippen LogP contribution in [0.2, 0.25) is 0 Å². The molecule has 4 aromatic rings. The molecule has 162 valence electrons. The third kappa shape index (κ3) is 3.47. The minimum atomic E-state index is -0.691. The Morgan fingerprint density at radius 1 is 0.656 bits per heavy atom. The van der Waals surface area contributed by atoms with Crippen LogP contribution in [-0.2, 0) is 19.1 Å². The lowest BCUT2D eigenvalue weighted by Gasteiger charge is -2.39. The molecule has 2 aromatic heterocycles. The molecule has 0 spiro atoms. The Labute approximate surface area is 185 Å². The molecule has 0 amide bonds. The quantitative estimate of drug-likeness (QED) is 0.346. The van der Waals surface area contributed by atoms with Gasteiger partial charge < -0.3 is 18.6 Å². The van der Waals surface area contributed by atoms with Gasteiger partial charge in [-0.3, -0.25) is 9.59 Å². The fraction of sp³-hybridized carbons (Fsp3) is 0.231. The van der Waals surface area contributed by atoms with Crippen LogP contribution < -0.4 is 0 Å². The highest BCUT2D eigenvalue weighted by Gasteiger charge is 2.43. The molecule has 4 atom stereocenters. The van der Waals surface area contributed by atoms with Crippen LogP contribution in [0, 0.1) is 0 Å². The maximum Gasteiger partial charge on any atom is 0.303 e. The van der Waals surface area contributed by atoms with E-state index in [1.807, 2.05) is 85.2 Å². The fourth-order valence-corrected chi connectivity index (χ4v) is 4.72. The van der Waals surface area contributed by atoms with Crippen molar-refractivity contribution >= 4 is 33.7 Å². The normalized spacial score (nSPS) is 22.8. The summed E-state index contributed by atoms with van der Waals surface area (Å²) in [7, 11) is 0. The number of fused-ring (bicyclic) bond motifs is 2. The summed E-state index contributed by atoms with van der Waals surface area (Å²) < 4.78 is 15.8. The van der Waals surface area contributed by atoms with Gasteiger partial charge in [-0.2, -0.15) is 0 Å². The van der Waals surface area contributed by atoms with Gasteiger partial charge in [0.25, 0.3) is 0 Å². The average Bonchev–Trinajstić information content (AvgIpc) is 3.39. The second kappa shape index (κ2) is 8.04. The Hall–Kier alpha value is -3.80. The van der Waals surface area contributed by atoms with Crippen molar-refractivity contribution in [3.05, 3.63) is 85.2 Å². The SMILES string of the molecule is CC(=O)O[C@H]1[C@H](OC(C)=O)[C@@H](n2ccc3ccccc32)C=C[C@@H]1n1ccc2ccccc21. The molecular weight excluding hydrogens is 404 g/mol. The van der Waals surface area contributed by atoms with Gasteiger partial charge in [-0.15, -0.1) is 0 Å². The zero-order valence-corrected chi connectivity index (χ0v) is 17.9. The van der Waals surface area contributed by atoms with Crippen LogP contribution in [0.15, 0.2) is 85.2 Å². The predicted molar refractivity (Wildman–Crippen MR) is 122 cm³/mol. The minimum absolute atomic E-state index is 0.318. The first-order valence-corrected chi connectivity index (χ1v) is 10.7. The van der Waals surface area contributed by atoms with Gasteiger partial charge in [0.1, 0.15) is 0 Å². The Morgan fingerprint density at radius 3 is 1.47 bits per heavy atom. The number of nitrogens with zero attached hydrogens (tertiary/aromatic N) is 2. The van der Waals surface area contributed by atoms with Crippen LogP contribution in [0.4, 0.5) is 0 Å². The van der Waals surface area contributed by atoms with Gasteiger partial charge >= 0.3 is 11.9 Å². The molecule has 0 saturated heterocycles. The number of aromatic nitrogens is 2. The Morgan fingerprint density at radius 2 is 1.06 bits per heavy atom. The first kappa shape index (κ1) is 20.1. The Bertz CT molecular complexity index is 1230. The standard InChI is InChI=1S/C26H24N2O4/c1-17(29)31-25-23(27-15-13-19-7-3-5-9-21(19)27)11-12-24(26(25)32-18(2)30)28-16-14-20-8-4-6-10-22(20)28/h3-16,23-26H,1-2H3/t23-,24-,25+,26+/m0/s1. The van der Waals surface area contributed by atoms with Gasteiger partial charge in [-0.25, -0.2) is 0 Å². The van der Waals surface area contributed by atoms with E-state index in [1.54, 1.807) is 0 Å². The second-order valence-corrected chi connectivity index (χ2v) is 8.08. The molecule has 0 bridgehead atoms. The molecule has 0 aliphatic heterocycles. The van der Waals surface area contributed by atoms with Crippen LogP contribution in [0.1, 0.15) is 25.9 Å². The van der Waals surface area contributed by atoms with E-state index in [-0.39, 0.29) is 12.1 Å². The molecule has 5 rings (SSSR count). The van der Waals surface area contributed by atoms with E-state index in [2.05, 4.69) is 9.13 Å². The van der Waals surface area contributed by atoms with Crippen molar-refractivity contribution in [2.24, 2.45) is 0 Å². The number of rotatable bonds is 4.